The number of aromatic amines is 1. The minimum absolute atomic E-state index is 0.0497. The summed E-state index contributed by atoms with van der Waals surface area (Å²) in [7, 11) is 3.29. The fourth-order valence-electron chi connectivity index (χ4n) is 5.44. The summed E-state index contributed by atoms with van der Waals surface area (Å²) in [6.07, 6.45) is 4.29. The maximum atomic E-state index is 13.3. The normalized spacial score (nSPS) is 17.0. The van der Waals surface area contributed by atoms with Crippen molar-refractivity contribution in [3.8, 4) is 11.5 Å². The van der Waals surface area contributed by atoms with Gasteiger partial charge in [-0.25, -0.2) is 14.8 Å². The summed E-state index contributed by atoms with van der Waals surface area (Å²) >= 11 is 0. The first-order valence-corrected chi connectivity index (χ1v) is 13.6. The van der Waals surface area contributed by atoms with Crippen molar-refractivity contribution >= 4 is 23.0 Å². The molecule has 1 aliphatic carbocycles. The molecule has 4 aromatic rings. The SMILES string of the molecule is CCOC(=O)C1CCC(n2c(=O)[nH]c3c(N(Cc4ccc(OC)cc4)Cc4ccc(OC)cc4)ncnc32)CC1. The smallest absolute Gasteiger partial charge is 0.328 e. The summed E-state index contributed by atoms with van der Waals surface area (Å²) in [4.78, 5) is 39.9. The fraction of sp³-hybridized carbons (Fsp3) is 0.400. The molecule has 2 aromatic carbocycles. The van der Waals surface area contributed by atoms with E-state index >= 15 is 0 Å². The average Bonchev–Trinajstić information content (AvgIpc) is 3.33. The number of esters is 1. The molecule has 0 unspecified atom stereocenters. The van der Waals surface area contributed by atoms with Crippen molar-refractivity contribution < 1.29 is 19.0 Å². The molecule has 40 heavy (non-hydrogen) atoms. The molecule has 0 saturated heterocycles. The van der Waals surface area contributed by atoms with Crippen LogP contribution >= 0.6 is 0 Å². The molecule has 1 saturated carbocycles. The highest BCUT2D eigenvalue weighted by Crippen LogP contribution is 2.34. The van der Waals surface area contributed by atoms with Crippen molar-refractivity contribution in [2.45, 2.75) is 51.7 Å². The monoisotopic (exact) mass is 545 g/mol. The highest BCUT2D eigenvalue weighted by Gasteiger charge is 2.30. The Labute approximate surface area is 232 Å². The summed E-state index contributed by atoms with van der Waals surface area (Å²) in [5.74, 6) is 1.95. The molecule has 1 aliphatic rings. The second kappa shape index (κ2) is 12.2. The van der Waals surface area contributed by atoms with Crippen LogP contribution in [0.5, 0.6) is 11.5 Å². The quantitative estimate of drug-likeness (QED) is 0.287. The first-order chi connectivity index (χ1) is 19.5. The summed E-state index contributed by atoms with van der Waals surface area (Å²) in [6, 6.07) is 15.8. The predicted octanol–water partition coefficient (Wildman–Crippen LogP) is 4.64. The van der Waals surface area contributed by atoms with Gasteiger partial charge in [0.15, 0.2) is 11.5 Å². The number of hydrogen-bond donors (Lipinski definition) is 1. The van der Waals surface area contributed by atoms with Gasteiger partial charge in [-0.2, -0.15) is 0 Å². The minimum atomic E-state index is -0.217. The lowest BCUT2D eigenvalue weighted by Gasteiger charge is -2.28. The van der Waals surface area contributed by atoms with Gasteiger partial charge in [-0.05, 0) is 68.0 Å². The molecule has 0 amide bonds. The van der Waals surface area contributed by atoms with Crippen LogP contribution in [0, 0.1) is 5.92 Å². The van der Waals surface area contributed by atoms with Crippen LogP contribution in [0.2, 0.25) is 0 Å². The number of carbonyl (C=O) groups excluding carboxylic acids is 1. The molecule has 2 aromatic heterocycles. The van der Waals surface area contributed by atoms with Gasteiger partial charge in [-0.1, -0.05) is 24.3 Å². The Balaban J connectivity index is 1.47. The van der Waals surface area contributed by atoms with Gasteiger partial charge in [0, 0.05) is 19.1 Å². The van der Waals surface area contributed by atoms with Crippen LogP contribution in [-0.2, 0) is 22.6 Å². The number of methoxy groups -OCH3 is 2. The topological polar surface area (TPSA) is 112 Å². The lowest BCUT2D eigenvalue weighted by atomic mass is 9.86. The summed E-state index contributed by atoms with van der Waals surface area (Å²) in [5.41, 5.74) is 3.09. The van der Waals surface area contributed by atoms with E-state index in [1.807, 2.05) is 55.5 Å². The Kier molecular flexibility index (Phi) is 8.33. The molecule has 0 bridgehead atoms. The molecule has 2 heterocycles. The number of imidazole rings is 1. The van der Waals surface area contributed by atoms with Crippen molar-refractivity contribution in [1.29, 1.82) is 0 Å². The van der Waals surface area contributed by atoms with E-state index in [-0.39, 0.29) is 23.6 Å². The fourth-order valence-corrected chi connectivity index (χ4v) is 5.44. The van der Waals surface area contributed by atoms with Crippen LogP contribution < -0.4 is 20.1 Å². The second-order valence-corrected chi connectivity index (χ2v) is 10.0. The van der Waals surface area contributed by atoms with E-state index in [1.54, 1.807) is 18.8 Å². The van der Waals surface area contributed by atoms with Crippen molar-refractivity contribution in [3.63, 3.8) is 0 Å². The van der Waals surface area contributed by atoms with Gasteiger partial charge < -0.3 is 24.1 Å². The number of anilines is 1. The molecule has 1 N–H and O–H groups in total. The van der Waals surface area contributed by atoms with Crippen LogP contribution in [0.25, 0.3) is 11.2 Å². The number of benzene rings is 2. The van der Waals surface area contributed by atoms with Crippen molar-refractivity contribution in [2.75, 3.05) is 25.7 Å². The average molecular weight is 546 g/mol. The first-order valence-electron chi connectivity index (χ1n) is 13.6. The van der Waals surface area contributed by atoms with Crippen molar-refractivity contribution in [1.82, 2.24) is 19.5 Å². The zero-order chi connectivity index (χ0) is 28.1. The molecule has 0 radical (unpaired) electrons. The van der Waals surface area contributed by atoms with Gasteiger partial charge in [-0.3, -0.25) is 9.36 Å². The lowest BCUT2D eigenvalue weighted by molar-refractivity contribution is -0.149. The van der Waals surface area contributed by atoms with Crippen molar-refractivity contribution in [3.05, 3.63) is 76.5 Å². The Morgan fingerprint density at radius 2 is 1.50 bits per heavy atom. The Morgan fingerprint density at radius 1 is 0.925 bits per heavy atom. The highest BCUT2D eigenvalue weighted by atomic mass is 16.5. The maximum absolute atomic E-state index is 13.3. The molecule has 0 atom stereocenters. The first kappa shape index (κ1) is 27.2. The largest absolute Gasteiger partial charge is 0.497 e. The maximum Gasteiger partial charge on any atom is 0.328 e. The lowest BCUT2D eigenvalue weighted by Crippen LogP contribution is -2.29. The van der Waals surface area contributed by atoms with Gasteiger partial charge in [0.25, 0.3) is 0 Å². The number of nitrogens with one attached hydrogen (secondary N) is 1. The molecule has 1 fully saturated rings. The molecule has 0 aliphatic heterocycles. The third-order valence-electron chi connectivity index (χ3n) is 7.53. The number of H-pyrrole nitrogens is 1. The number of ether oxygens (including phenoxy) is 3. The Morgan fingerprint density at radius 3 is 2.02 bits per heavy atom. The van der Waals surface area contributed by atoms with E-state index in [9.17, 15) is 9.59 Å². The van der Waals surface area contributed by atoms with Gasteiger partial charge in [-0.15, -0.1) is 0 Å². The number of fused-ring (bicyclic) bond motifs is 1. The van der Waals surface area contributed by atoms with Gasteiger partial charge in [0.1, 0.15) is 23.3 Å². The van der Waals surface area contributed by atoms with Crippen LogP contribution in [0.4, 0.5) is 5.82 Å². The zero-order valence-corrected chi connectivity index (χ0v) is 23.1. The number of carbonyl (C=O) groups is 1. The molecular formula is C30H35N5O5. The molecule has 0 spiro atoms. The van der Waals surface area contributed by atoms with E-state index in [0.717, 1.165) is 22.6 Å². The summed E-state index contributed by atoms with van der Waals surface area (Å²) in [5, 5.41) is 0. The number of aromatic nitrogens is 4. The van der Waals surface area contributed by atoms with Crippen LogP contribution in [0.15, 0.2) is 59.7 Å². The van der Waals surface area contributed by atoms with Gasteiger partial charge in [0.05, 0.1) is 26.7 Å². The predicted molar refractivity (Wildman–Crippen MR) is 152 cm³/mol. The molecular weight excluding hydrogens is 510 g/mol. The molecule has 10 nitrogen and oxygen atoms in total. The van der Waals surface area contributed by atoms with Gasteiger partial charge in [0.2, 0.25) is 0 Å². The molecule has 210 valence electrons. The van der Waals surface area contributed by atoms with E-state index < -0.39 is 0 Å². The Bertz CT molecular complexity index is 1440. The molecule has 10 heteroatoms. The van der Waals surface area contributed by atoms with Crippen LogP contribution in [-0.4, -0.2) is 46.3 Å². The summed E-state index contributed by atoms with van der Waals surface area (Å²) < 4.78 is 17.6. The van der Waals surface area contributed by atoms with E-state index in [1.165, 1.54) is 6.33 Å². The van der Waals surface area contributed by atoms with Crippen molar-refractivity contribution in [2.24, 2.45) is 5.92 Å². The standard InChI is InChI=1S/C30H35N5O5/c1-4-40-29(36)22-9-11-23(12-10-22)35-28-26(33-30(35)37)27(31-19-32-28)34(17-20-5-13-24(38-2)14-6-20)18-21-7-15-25(39-3)16-8-21/h5-8,13-16,19,22-23H,4,9-12,17-18H2,1-3H3,(H,33,37). The number of rotatable bonds is 10. The number of hydrogen-bond acceptors (Lipinski definition) is 8. The minimum Gasteiger partial charge on any atom is -0.497 e. The third kappa shape index (κ3) is 5.80. The van der Waals surface area contributed by atoms with Gasteiger partial charge >= 0.3 is 11.7 Å². The number of nitrogens with zero attached hydrogens (tertiary/aromatic N) is 4. The second-order valence-electron chi connectivity index (χ2n) is 10.0. The van der Waals surface area contributed by atoms with E-state index in [2.05, 4.69) is 19.9 Å². The summed E-state index contributed by atoms with van der Waals surface area (Å²) in [6.45, 7) is 3.31. The Hall–Kier alpha value is -4.34. The zero-order valence-electron chi connectivity index (χ0n) is 23.1. The van der Waals surface area contributed by atoms with Crippen LogP contribution in [0.3, 0.4) is 0 Å². The van der Waals surface area contributed by atoms with Crippen LogP contribution in [0.1, 0.15) is 49.8 Å². The van der Waals surface area contributed by atoms with E-state index in [0.29, 0.717) is 62.4 Å². The van der Waals surface area contributed by atoms with E-state index in [4.69, 9.17) is 14.2 Å². The third-order valence-corrected chi connectivity index (χ3v) is 7.53. The molecule has 5 rings (SSSR count). The highest BCUT2D eigenvalue weighted by molar-refractivity contribution is 5.83.